The Morgan fingerprint density at radius 2 is 1.80 bits per heavy atom. The summed E-state index contributed by atoms with van der Waals surface area (Å²) < 4.78 is 1.85. The number of anilines is 2. The molecular weight excluding hydrogens is 314 g/mol. The molecule has 0 spiro atoms. The number of amides is 1. The lowest BCUT2D eigenvalue weighted by molar-refractivity contribution is 0.102. The van der Waals surface area contributed by atoms with E-state index in [0.717, 1.165) is 29.3 Å². The highest BCUT2D eigenvalue weighted by Gasteiger charge is 2.08. The molecule has 0 aliphatic carbocycles. The molecule has 6 heteroatoms. The number of aromatic nitrogens is 3. The van der Waals surface area contributed by atoms with Crippen LogP contribution in [0, 0.1) is 0 Å². The van der Waals surface area contributed by atoms with Gasteiger partial charge in [-0.1, -0.05) is 0 Å². The van der Waals surface area contributed by atoms with Crippen LogP contribution in [0.2, 0.25) is 0 Å². The third-order valence-electron chi connectivity index (χ3n) is 4.16. The zero-order valence-electron chi connectivity index (χ0n) is 14.6. The van der Waals surface area contributed by atoms with Crippen molar-refractivity contribution in [2.45, 2.75) is 6.92 Å². The number of benzene rings is 2. The zero-order chi connectivity index (χ0) is 17.8. The molecule has 0 saturated carbocycles. The molecular formula is C19H21N5O. The number of carbonyl (C=O) groups is 1. The van der Waals surface area contributed by atoms with E-state index < -0.39 is 0 Å². The lowest BCUT2D eigenvalue weighted by Gasteiger charge is -2.16. The van der Waals surface area contributed by atoms with E-state index in [9.17, 15) is 4.79 Å². The highest BCUT2D eigenvalue weighted by Crippen LogP contribution is 2.20. The minimum absolute atomic E-state index is 0.128. The van der Waals surface area contributed by atoms with E-state index in [4.69, 9.17) is 0 Å². The molecule has 6 nitrogen and oxygen atoms in total. The Bertz CT molecular complexity index is 852. The van der Waals surface area contributed by atoms with Crippen molar-refractivity contribution >= 4 is 17.3 Å². The Kier molecular flexibility index (Phi) is 4.79. The van der Waals surface area contributed by atoms with Gasteiger partial charge in [0.1, 0.15) is 6.33 Å². The van der Waals surface area contributed by atoms with E-state index in [1.54, 1.807) is 6.33 Å². The molecule has 128 valence electrons. The maximum absolute atomic E-state index is 12.4. The van der Waals surface area contributed by atoms with Crippen LogP contribution in [0.3, 0.4) is 0 Å². The third kappa shape index (κ3) is 3.68. The first-order valence-corrected chi connectivity index (χ1v) is 8.15. The molecule has 3 rings (SSSR count). The highest BCUT2D eigenvalue weighted by molar-refractivity contribution is 6.04. The van der Waals surface area contributed by atoms with Crippen LogP contribution in [0.15, 0.2) is 54.9 Å². The van der Waals surface area contributed by atoms with Crippen LogP contribution in [0.25, 0.3) is 11.4 Å². The van der Waals surface area contributed by atoms with Crippen molar-refractivity contribution in [3.63, 3.8) is 0 Å². The van der Waals surface area contributed by atoms with Crippen LogP contribution < -0.4 is 10.2 Å². The average molecular weight is 335 g/mol. The molecule has 1 amide bonds. The molecule has 0 radical (unpaired) electrons. The largest absolute Gasteiger partial charge is 0.375 e. The second kappa shape index (κ2) is 7.17. The van der Waals surface area contributed by atoms with Gasteiger partial charge >= 0.3 is 0 Å². The lowest BCUT2D eigenvalue weighted by atomic mass is 10.1. The van der Waals surface area contributed by atoms with Gasteiger partial charge in [-0.05, 0) is 55.5 Å². The predicted octanol–water partition coefficient (Wildman–Crippen LogP) is 3.19. The van der Waals surface area contributed by atoms with Crippen LogP contribution in [0.4, 0.5) is 11.4 Å². The van der Waals surface area contributed by atoms with Crippen LogP contribution in [-0.2, 0) is 7.05 Å². The van der Waals surface area contributed by atoms with Crippen molar-refractivity contribution in [2.75, 3.05) is 23.8 Å². The van der Waals surface area contributed by atoms with Gasteiger partial charge in [-0.25, -0.2) is 0 Å². The van der Waals surface area contributed by atoms with E-state index in [1.165, 1.54) is 0 Å². The van der Waals surface area contributed by atoms with Crippen LogP contribution in [0.5, 0.6) is 0 Å². The van der Waals surface area contributed by atoms with Crippen molar-refractivity contribution in [1.29, 1.82) is 0 Å². The minimum atomic E-state index is -0.128. The van der Waals surface area contributed by atoms with Gasteiger partial charge in [0.05, 0.1) is 0 Å². The molecule has 0 fully saturated rings. The highest BCUT2D eigenvalue weighted by atomic mass is 16.1. The summed E-state index contributed by atoms with van der Waals surface area (Å²) in [5.41, 5.74) is 3.41. The Balaban J connectivity index is 1.69. The first kappa shape index (κ1) is 16.7. The molecule has 0 atom stereocenters. The number of rotatable bonds is 5. The van der Waals surface area contributed by atoms with Gasteiger partial charge < -0.3 is 14.8 Å². The smallest absolute Gasteiger partial charge is 0.255 e. The van der Waals surface area contributed by atoms with E-state index >= 15 is 0 Å². The monoisotopic (exact) mass is 335 g/mol. The summed E-state index contributed by atoms with van der Waals surface area (Å²) in [5.74, 6) is 0.658. The normalized spacial score (nSPS) is 10.5. The zero-order valence-corrected chi connectivity index (χ0v) is 14.6. The molecule has 0 saturated heterocycles. The standard InChI is InChI=1S/C19H21N5O/c1-4-23(2)17-11-7-15(8-12-17)19(25)21-16-9-5-14(6-10-16)18-22-20-13-24(18)3/h5-13H,4H2,1-3H3,(H,21,25). The number of aryl methyl sites for hydroxylation is 1. The van der Waals surface area contributed by atoms with Crippen molar-refractivity contribution in [3.8, 4) is 11.4 Å². The number of hydrogen-bond donors (Lipinski definition) is 1. The summed E-state index contributed by atoms with van der Waals surface area (Å²) >= 11 is 0. The van der Waals surface area contributed by atoms with E-state index in [0.29, 0.717) is 5.56 Å². The van der Waals surface area contributed by atoms with Gasteiger partial charge in [0.15, 0.2) is 5.82 Å². The molecule has 0 aliphatic heterocycles. The topological polar surface area (TPSA) is 63.1 Å². The number of nitrogens with zero attached hydrogens (tertiary/aromatic N) is 4. The minimum Gasteiger partial charge on any atom is -0.375 e. The summed E-state index contributed by atoms with van der Waals surface area (Å²) in [5, 5.41) is 10.9. The Hall–Kier alpha value is -3.15. The maximum atomic E-state index is 12.4. The molecule has 1 N–H and O–H groups in total. The van der Waals surface area contributed by atoms with Crippen LogP contribution in [0.1, 0.15) is 17.3 Å². The van der Waals surface area contributed by atoms with Crippen LogP contribution >= 0.6 is 0 Å². The number of nitrogens with one attached hydrogen (secondary N) is 1. The van der Waals surface area contributed by atoms with Crippen molar-refractivity contribution in [2.24, 2.45) is 7.05 Å². The molecule has 0 bridgehead atoms. The van der Waals surface area contributed by atoms with Gasteiger partial charge in [-0.2, -0.15) is 0 Å². The molecule has 2 aromatic carbocycles. The van der Waals surface area contributed by atoms with Crippen LogP contribution in [-0.4, -0.2) is 34.3 Å². The van der Waals surface area contributed by atoms with Gasteiger partial charge in [-0.3, -0.25) is 4.79 Å². The number of hydrogen-bond acceptors (Lipinski definition) is 4. The van der Waals surface area contributed by atoms with E-state index in [-0.39, 0.29) is 5.91 Å². The van der Waals surface area contributed by atoms with Gasteiger partial charge in [0.25, 0.3) is 5.91 Å². The Labute approximate surface area is 147 Å². The van der Waals surface area contributed by atoms with Crippen molar-refractivity contribution < 1.29 is 4.79 Å². The fourth-order valence-electron chi connectivity index (χ4n) is 2.50. The summed E-state index contributed by atoms with van der Waals surface area (Å²) in [6.07, 6.45) is 1.66. The van der Waals surface area contributed by atoms with Gasteiger partial charge in [0.2, 0.25) is 0 Å². The fourth-order valence-corrected chi connectivity index (χ4v) is 2.50. The first-order chi connectivity index (χ1) is 12.1. The molecule has 25 heavy (non-hydrogen) atoms. The molecule has 0 aliphatic rings. The second-order valence-electron chi connectivity index (χ2n) is 5.86. The third-order valence-corrected chi connectivity index (χ3v) is 4.16. The predicted molar refractivity (Wildman–Crippen MR) is 99.8 cm³/mol. The molecule has 1 aromatic heterocycles. The quantitative estimate of drug-likeness (QED) is 0.778. The molecule has 3 aromatic rings. The maximum Gasteiger partial charge on any atom is 0.255 e. The van der Waals surface area contributed by atoms with E-state index in [1.807, 2.05) is 67.2 Å². The molecule has 0 unspecified atom stereocenters. The summed E-state index contributed by atoms with van der Waals surface area (Å²) in [7, 11) is 3.92. The van der Waals surface area contributed by atoms with E-state index in [2.05, 4.69) is 27.3 Å². The average Bonchev–Trinajstić information content (AvgIpc) is 3.07. The second-order valence-corrected chi connectivity index (χ2v) is 5.86. The lowest BCUT2D eigenvalue weighted by Crippen LogP contribution is -2.16. The summed E-state index contributed by atoms with van der Waals surface area (Å²) in [4.78, 5) is 14.5. The Morgan fingerprint density at radius 1 is 1.12 bits per heavy atom. The summed E-state index contributed by atoms with van der Waals surface area (Å²) in [6, 6.07) is 15.1. The van der Waals surface area contributed by atoms with Gasteiger partial charge in [-0.15, -0.1) is 10.2 Å². The summed E-state index contributed by atoms with van der Waals surface area (Å²) in [6.45, 7) is 3.01. The first-order valence-electron chi connectivity index (χ1n) is 8.15. The van der Waals surface area contributed by atoms with Crippen molar-refractivity contribution in [3.05, 3.63) is 60.4 Å². The van der Waals surface area contributed by atoms with Gasteiger partial charge in [0, 0.05) is 43.1 Å². The molecule has 1 heterocycles. The number of carbonyl (C=O) groups excluding carboxylic acids is 1. The SMILES string of the molecule is CCN(C)c1ccc(C(=O)Nc2ccc(-c3nncn3C)cc2)cc1. The Morgan fingerprint density at radius 3 is 2.36 bits per heavy atom. The van der Waals surface area contributed by atoms with Crippen molar-refractivity contribution in [1.82, 2.24) is 14.8 Å². The fraction of sp³-hybridized carbons (Fsp3) is 0.211.